The van der Waals surface area contributed by atoms with Crippen LogP contribution in [-0.2, 0) is 4.74 Å². The van der Waals surface area contributed by atoms with Crippen LogP contribution in [-0.4, -0.2) is 52.8 Å². The van der Waals surface area contributed by atoms with Crippen molar-refractivity contribution in [3.63, 3.8) is 0 Å². The number of aromatic amines is 1. The van der Waals surface area contributed by atoms with Crippen LogP contribution in [0.25, 0.3) is 32.9 Å². The van der Waals surface area contributed by atoms with E-state index in [9.17, 15) is 0 Å². The highest BCUT2D eigenvalue weighted by atomic mass is 16.5. The van der Waals surface area contributed by atoms with E-state index in [1.807, 2.05) is 25.1 Å². The summed E-state index contributed by atoms with van der Waals surface area (Å²) in [6.45, 7) is 8.69. The molecule has 0 amide bonds. The quantitative estimate of drug-likeness (QED) is 0.243. The van der Waals surface area contributed by atoms with E-state index in [1.54, 1.807) is 0 Å². The number of likely N-dealkylation sites (tertiary alicyclic amines) is 1. The number of piperidine rings is 1. The zero-order chi connectivity index (χ0) is 24.4. The molecule has 4 aromatic rings. The van der Waals surface area contributed by atoms with Crippen molar-refractivity contribution in [3.8, 4) is 17.0 Å². The molecular weight excluding hydrogens is 436 g/mol. The van der Waals surface area contributed by atoms with E-state index < -0.39 is 0 Å². The molecule has 1 fully saturated rings. The molecule has 0 saturated carbocycles. The molecule has 5 rings (SSSR count). The summed E-state index contributed by atoms with van der Waals surface area (Å²) in [6, 6.07) is 19.7. The minimum Gasteiger partial charge on any atom is -0.492 e. The topological polar surface area (TPSA) is 74.2 Å². The summed E-state index contributed by atoms with van der Waals surface area (Å²) in [5.41, 5.74) is 3.59. The molecule has 0 bridgehead atoms. The number of benzene rings is 3. The number of H-pyrrole nitrogens is 1. The molecular formula is C29H34N4O2. The number of ether oxygens (including phenoxy) is 2. The Bertz CT molecular complexity index is 1340. The molecule has 1 saturated heterocycles. The fraction of sp³-hybridized carbons (Fsp3) is 0.379. The summed E-state index contributed by atoms with van der Waals surface area (Å²) in [5, 5.41) is 19.1. The smallest absolute Gasteiger partial charge is 0.213 e. The van der Waals surface area contributed by atoms with Gasteiger partial charge in [0.15, 0.2) is 0 Å². The lowest BCUT2D eigenvalue weighted by Crippen LogP contribution is -2.45. The third-order valence-corrected chi connectivity index (χ3v) is 7.19. The molecule has 6 nitrogen and oxygen atoms in total. The van der Waals surface area contributed by atoms with Crippen molar-refractivity contribution in [2.75, 3.05) is 19.8 Å². The van der Waals surface area contributed by atoms with Crippen molar-refractivity contribution in [2.24, 2.45) is 0 Å². The monoisotopic (exact) mass is 470 g/mol. The van der Waals surface area contributed by atoms with Crippen LogP contribution in [0, 0.1) is 5.41 Å². The third-order valence-electron chi connectivity index (χ3n) is 7.19. The van der Waals surface area contributed by atoms with Crippen LogP contribution in [0.4, 0.5) is 0 Å². The van der Waals surface area contributed by atoms with Crippen LogP contribution >= 0.6 is 0 Å². The van der Waals surface area contributed by atoms with Crippen molar-refractivity contribution in [1.82, 2.24) is 15.1 Å². The number of hydrogen-bond acceptors (Lipinski definition) is 5. The van der Waals surface area contributed by atoms with Gasteiger partial charge in [-0.25, -0.2) is 0 Å². The minimum absolute atomic E-state index is 0.178. The van der Waals surface area contributed by atoms with Crippen LogP contribution in [0.5, 0.6) is 5.75 Å². The largest absolute Gasteiger partial charge is 0.492 e. The summed E-state index contributed by atoms with van der Waals surface area (Å²) >= 11 is 0. The van der Waals surface area contributed by atoms with Gasteiger partial charge >= 0.3 is 0 Å². The van der Waals surface area contributed by atoms with Gasteiger partial charge in [0.25, 0.3) is 0 Å². The van der Waals surface area contributed by atoms with Crippen LogP contribution in [0.3, 0.4) is 0 Å². The predicted molar refractivity (Wildman–Crippen MR) is 142 cm³/mol. The van der Waals surface area contributed by atoms with E-state index in [0.717, 1.165) is 50.8 Å². The van der Waals surface area contributed by atoms with Gasteiger partial charge in [0.2, 0.25) is 5.90 Å². The normalized spacial score (nSPS) is 18.7. The summed E-state index contributed by atoms with van der Waals surface area (Å²) in [4.78, 5) is 2.58. The number of aromatic nitrogens is 2. The minimum atomic E-state index is 0.178. The second-order valence-corrected chi connectivity index (χ2v) is 9.53. The Morgan fingerprint density at radius 1 is 1.03 bits per heavy atom. The highest BCUT2D eigenvalue weighted by Gasteiger charge is 2.24. The van der Waals surface area contributed by atoms with E-state index in [2.05, 4.69) is 65.3 Å². The van der Waals surface area contributed by atoms with Crippen LogP contribution in [0.15, 0.2) is 54.6 Å². The van der Waals surface area contributed by atoms with E-state index in [-0.39, 0.29) is 5.90 Å². The molecule has 35 heavy (non-hydrogen) atoms. The molecule has 0 radical (unpaired) electrons. The second-order valence-electron chi connectivity index (χ2n) is 9.53. The summed E-state index contributed by atoms with van der Waals surface area (Å²) < 4.78 is 11.5. The molecule has 182 valence electrons. The number of nitrogens with one attached hydrogen (secondary N) is 2. The van der Waals surface area contributed by atoms with Gasteiger partial charge in [-0.1, -0.05) is 24.6 Å². The van der Waals surface area contributed by atoms with E-state index in [0.29, 0.717) is 25.3 Å². The molecule has 2 unspecified atom stereocenters. The van der Waals surface area contributed by atoms with Gasteiger partial charge in [0.05, 0.1) is 17.8 Å². The molecule has 1 aromatic heterocycles. The Labute approximate surface area is 206 Å². The van der Waals surface area contributed by atoms with Crippen molar-refractivity contribution >= 4 is 27.6 Å². The fourth-order valence-electron chi connectivity index (χ4n) is 5.25. The third kappa shape index (κ3) is 4.89. The number of nitrogens with zero attached hydrogens (tertiary/aromatic N) is 2. The average Bonchev–Trinajstić information content (AvgIpc) is 3.29. The Kier molecular flexibility index (Phi) is 6.73. The maximum atomic E-state index is 8.12. The van der Waals surface area contributed by atoms with Crippen molar-refractivity contribution in [1.29, 1.82) is 5.41 Å². The van der Waals surface area contributed by atoms with Crippen LogP contribution in [0.2, 0.25) is 0 Å². The Morgan fingerprint density at radius 3 is 2.60 bits per heavy atom. The fourth-order valence-corrected chi connectivity index (χ4v) is 5.25. The van der Waals surface area contributed by atoms with Crippen molar-refractivity contribution in [2.45, 2.75) is 52.1 Å². The summed E-state index contributed by atoms with van der Waals surface area (Å²) in [5.74, 6) is 1.09. The Hall–Kier alpha value is -3.38. The van der Waals surface area contributed by atoms with Crippen molar-refractivity contribution in [3.05, 3.63) is 60.2 Å². The predicted octanol–water partition coefficient (Wildman–Crippen LogP) is 6.39. The first kappa shape index (κ1) is 23.4. The molecule has 1 aliphatic rings. The van der Waals surface area contributed by atoms with E-state index >= 15 is 0 Å². The van der Waals surface area contributed by atoms with Crippen molar-refractivity contribution < 1.29 is 9.47 Å². The first-order valence-corrected chi connectivity index (χ1v) is 12.7. The molecule has 0 aliphatic carbocycles. The van der Waals surface area contributed by atoms with Gasteiger partial charge in [0.1, 0.15) is 12.4 Å². The lowest BCUT2D eigenvalue weighted by Gasteiger charge is -2.38. The highest BCUT2D eigenvalue weighted by Crippen LogP contribution is 2.31. The zero-order valence-corrected chi connectivity index (χ0v) is 20.8. The lowest BCUT2D eigenvalue weighted by atomic mass is 9.98. The molecule has 3 aromatic carbocycles. The van der Waals surface area contributed by atoms with E-state index in [1.165, 1.54) is 19.3 Å². The molecule has 2 atom stereocenters. The molecule has 2 N–H and O–H groups in total. The lowest BCUT2D eigenvalue weighted by molar-refractivity contribution is 0.0852. The highest BCUT2D eigenvalue weighted by molar-refractivity contribution is 6.01. The Balaban J connectivity index is 1.33. The molecule has 1 aliphatic heterocycles. The van der Waals surface area contributed by atoms with Gasteiger partial charge in [-0.05, 0) is 80.8 Å². The van der Waals surface area contributed by atoms with Gasteiger partial charge < -0.3 is 9.47 Å². The Morgan fingerprint density at radius 2 is 1.80 bits per heavy atom. The van der Waals surface area contributed by atoms with E-state index in [4.69, 9.17) is 14.9 Å². The molecule has 0 spiro atoms. The zero-order valence-electron chi connectivity index (χ0n) is 20.8. The van der Waals surface area contributed by atoms with Gasteiger partial charge in [-0.2, -0.15) is 5.10 Å². The molecule has 2 heterocycles. The summed E-state index contributed by atoms with van der Waals surface area (Å²) in [7, 11) is 0. The SMILES string of the molecule is CCOC(=N)c1ccc2[nH]nc(-c3ccc4cc(OCCN5C(C)CCCC5C)ccc4c3)c2c1. The average molecular weight is 471 g/mol. The van der Waals surface area contributed by atoms with Crippen LogP contribution in [0.1, 0.15) is 45.6 Å². The maximum absolute atomic E-state index is 8.12. The maximum Gasteiger partial charge on any atom is 0.213 e. The van der Waals surface area contributed by atoms with Gasteiger partial charge in [-0.3, -0.25) is 15.4 Å². The summed E-state index contributed by atoms with van der Waals surface area (Å²) in [6.07, 6.45) is 3.90. The first-order chi connectivity index (χ1) is 17.0. The van der Waals surface area contributed by atoms with Crippen LogP contribution < -0.4 is 4.74 Å². The number of rotatable bonds is 7. The standard InChI is InChI=1S/C29H34N4O2/c1-4-34-29(30)24-11-13-27-26(18-24)28(32-31-27)23-9-8-22-17-25(12-10-21(22)16-23)35-15-14-33-19(2)6-5-7-20(33)3/h8-13,16-20,30H,4-7,14-15H2,1-3H3,(H,31,32). The van der Waals surface area contributed by atoms with Gasteiger partial charge in [-0.15, -0.1) is 0 Å². The molecule has 6 heteroatoms. The second kappa shape index (κ2) is 10.1. The number of fused-ring (bicyclic) bond motifs is 2. The van der Waals surface area contributed by atoms with Gasteiger partial charge in [0, 0.05) is 35.1 Å². The number of hydrogen-bond donors (Lipinski definition) is 2. The first-order valence-electron chi connectivity index (χ1n) is 12.7.